The molecule has 0 aliphatic carbocycles. The van der Waals surface area contributed by atoms with Gasteiger partial charge in [-0.2, -0.15) is 0 Å². The molecule has 1 aliphatic heterocycles. The van der Waals surface area contributed by atoms with Crippen LogP contribution in [0.15, 0.2) is 24.3 Å². The van der Waals surface area contributed by atoms with E-state index in [1.54, 1.807) is 18.7 Å². The van der Waals surface area contributed by atoms with Crippen LogP contribution in [0.25, 0.3) is 0 Å². The van der Waals surface area contributed by atoms with E-state index >= 15 is 0 Å². The lowest BCUT2D eigenvalue weighted by Gasteiger charge is -2.31. The molecule has 0 atom stereocenters. The lowest BCUT2D eigenvalue weighted by Crippen LogP contribution is -2.46. The lowest BCUT2D eigenvalue weighted by molar-refractivity contribution is 0.0480. The fourth-order valence-corrected chi connectivity index (χ4v) is 3.18. The van der Waals surface area contributed by atoms with E-state index in [-0.39, 0.29) is 6.03 Å². The van der Waals surface area contributed by atoms with Gasteiger partial charge in [0.15, 0.2) is 0 Å². The van der Waals surface area contributed by atoms with Crippen LogP contribution in [-0.4, -0.2) is 47.8 Å². The van der Waals surface area contributed by atoms with Gasteiger partial charge in [0, 0.05) is 31.9 Å². The van der Waals surface area contributed by atoms with Gasteiger partial charge in [-0.05, 0) is 51.7 Å². The smallest absolute Gasteiger partial charge is 0.317 e. The maximum atomic E-state index is 12.4. The Morgan fingerprint density at radius 2 is 1.92 bits per heavy atom. The number of hydrogen-bond donors (Lipinski definition) is 2. The van der Waals surface area contributed by atoms with E-state index in [4.69, 9.17) is 0 Å². The Labute approximate surface area is 145 Å². The molecule has 0 bridgehead atoms. The molecule has 2 N–H and O–H groups in total. The number of benzene rings is 1. The van der Waals surface area contributed by atoms with E-state index in [0.29, 0.717) is 19.6 Å². The summed E-state index contributed by atoms with van der Waals surface area (Å²) in [5.74, 6) is 0. The van der Waals surface area contributed by atoms with Crippen LogP contribution in [0.2, 0.25) is 0 Å². The summed E-state index contributed by atoms with van der Waals surface area (Å²) in [5, 5.41) is 12.9. The molecule has 1 fully saturated rings. The monoisotopic (exact) mass is 333 g/mol. The van der Waals surface area contributed by atoms with E-state index in [2.05, 4.69) is 28.4 Å². The minimum absolute atomic E-state index is 0.131. The molecule has 5 nitrogen and oxygen atoms in total. The van der Waals surface area contributed by atoms with Crippen LogP contribution in [0.3, 0.4) is 0 Å². The first-order chi connectivity index (χ1) is 11.4. The average molecular weight is 333 g/mol. The number of para-hydroxylation sites is 1. The number of likely N-dealkylation sites (N-methyl/N-ethyl adjacent to an activating group) is 1. The molecule has 24 heavy (non-hydrogen) atoms. The number of hydrogen-bond acceptors (Lipinski definition) is 3. The standard InChI is InChI=1S/C19H31N3O2/c1-4-21(15-19(2,3)24)18(23)20-14-16-10-6-7-11-17(16)22-12-8-5-9-13-22/h6-7,10-11,24H,4-5,8-9,12-15H2,1-3H3,(H,20,23). The molecule has 0 saturated carbocycles. The van der Waals surface area contributed by atoms with Crippen molar-refractivity contribution in [3.05, 3.63) is 29.8 Å². The Bertz CT molecular complexity index is 534. The van der Waals surface area contributed by atoms with Crippen molar-refractivity contribution in [3.8, 4) is 0 Å². The van der Waals surface area contributed by atoms with Gasteiger partial charge in [0.1, 0.15) is 0 Å². The van der Waals surface area contributed by atoms with Gasteiger partial charge < -0.3 is 20.2 Å². The van der Waals surface area contributed by atoms with Gasteiger partial charge in [-0.1, -0.05) is 18.2 Å². The number of urea groups is 1. The maximum Gasteiger partial charge on any atom is 0.317 e. The van der Waals surface area contributed by atoms with Gasteiger partial charge in [-0.25, -0.2) is 4.79 Å². The summed E-state index contributed by atoms with van der Waals surface area (Å²) in [5.41, 5.74) is 1.48. The van der Waals surface area contributed by atoms with Crippen LogP contribution in [0.1, 0.15) is 45.6 Å². The molecule has 1 aliphatic rings. The molecule has 0 aromatic heterocycles. The van der Waals surface area contributed by atoms with E-state index in [9.17, 15) is 9.90 Å². The first-order valence-corrected chi connectivity index (χ1v) is 8.98. The molecule has 0 spiro atoms. The van der Waals surface area contributed by atoms with Gasteiger partial charge in [0.05, 0.1) is 12.1 Å². The molecule has 1 saturated heterocycles. The van der Waals surface area contributed by atoms with Gasteiger partial charge >= 0.3 is 6.03 Å². The molecule has 1 aromatic carbocycles. The first kappa shape index (κ1) is 18.6. The van der Waals surface area contributed by atoms with Crippen LogP contribution in [-0.2, 0) is 6.54 Å². The van der Waals surface area contributed by atoms with Crippen molar-refractivity contribution in [1.82, 2.24) is 10.2 Å². The average Bonchev–Trinajstić information content (AvgIpc) is 2.58. The number of nitrogens with one attached hydrogen (secondary N) is 1. The summed E-state index contributed by atoms with van der Waals surface area (Å²) < 4.78 is 0. The van der Waals surface area contributed by atoms with Gasteiger partial charge in [0.25, 0.3) is 0 Å². The topological polar surface area (TPSA) is 55.8 Å². The second-order valence-electron chi connectivity index (χ2n) is 7.16. The van der Waals surface area contributed by atoms with Crippen LogP contribution in [0, 0.1) is 0 Å². The van der Waals surface area contributed by atoms with E-state index in [0.717, 1.165) is 18.7 Å². The molecule has 2 rings (SSSR count). The van der Waals surface area contributed by atoms with Crippen molar-refractivity contribution in [2.75, 3.05) is 31.1 Å². The number of aliphatic hydroxyl groups is 1. The summed E-state index contributed by atoms with van der Waals surface area (Å²) in [6.45, 7) is 8.94. The second kappa shape index (κ2) is 8.38. The Hall–Kier alpha value is -1.75. The van der Waals surface area contributed by atoms with E-state index in [1.807, 2.05) is 13.0 Å². The molecule has 134 valence electrons. The summed E-state index contributed by atoms with van der Waals surface area (Å²) >= 11 is 0. The van der Waals surface area contributed by atoms with Gasteiger partial charge in [-0.15, -0.1) is 0 Å². The predicted octanol–water partition coefficient (Wildman–Crippen LogP) is 2.98. The Kier molecular flexibility index (Phi) is 6.49. The molecule has 1 aromatic rings. The van der Waals surface area contributed by atoms with E-state index < -0.39 is 5.60 Å². The zero-order valence-corrected chi connectivity index (χ0v) is 15.2. The molecule has 5 heteroatoms. The molecule has 2 amide bonds. The highest BCUT2D eigenvalue weighted by molar-refractivity contribution is 5.74. The van der Waals surface area contributed by atoms with Crippen LogP contribution in [0.4, 0.5) is 10.5 Å². The number of rotatable bonds is 6. The number of amides is 2. The molecule has 1 heterocycles. The second-order valence-corrected chi connectivity index (χ2v) is 7.16. The van der Waals surface area contributed by atoms with Crippen LogP contribution in [0.5, 0.6) is 0 Å². The first-order valence-electron chi connectivity index (χ1n) is 8.98. The highest BCUT2D eigenvalue weighted by Gasteiger charge is 2.21. The quantitative estimate of drug-likeness (QED) is 0.841. The number of carbonyl (C=O) groups is 1. The van der Waals surface area contributed by atoms with Crippen molar-refractivity contribution in [3.63, 3.8) is 0 Å². The summed E-state index contributed by atoms with van der Waals surface area (Å²) in [7, 11) is 0. The fraction of sp³-hybridized carbons (Fsp3) is 0.632. The molecule has 0 unspecified atom stereocenters. The van der Waals surface area contributed by atoms with Gasteiger partial charge in [0.2, 0.25) is 0 Å². The Balaban J connectivity index is 1.99. The fourth-order valence-electron chi connectivity index (χ4n) is 3.18. The third-order valence-electron chi connectivity index (χ3n) is 4.37. The number of nitrogens with zero attached hydrogens (tertiary/aromatic N) is 2. The van der Waals surface area contributed by atoms with Crippen molar-refractivity contribution in [2.24, 2.45) is 0 Å². The zero-order chi connectivity index (χ0) is 17.6. The van der Waals surface area contributed by atoms with Crippen molar-refractivity contribution >= 4 is 11.7 Å². The van der Waals surface area contributed by atoms with Crippen molar-refractivity contribution in [2.45, 2.75) is 52.2 Å². The van der Waals surface area contributed by atoms with Crippen molar-refractivity contribution in [1.29, 1.82) is 0 Å². The summed E-state index contributed by atoms with van der Waals surface area (Å²) in [4.78, 5) is 16.5. The lowest BCUT2D eigenvalue weighted by atomic mass is 10.1. The van der Waals surface area contributed by atoms with E-state index in [1.165, 1.54) is 24.9 Å². The number of anilines is 1. The highest BCUT2D eigenvalue weighted by atomic mass is 16.3. The molecular weight excluding hydrogens is 302 g/mol. The summed E-state index contributed by atoms with van der Waals surface area (Å²) in [6, 6.07) is 8.16. The maximum absolute atomic E-state index is 12.4. The third kappa shape index (κ3) is 5.41. The predicted molar refractivity (Wildman–Crippen MR) is 98.3 cm³/mol. The Morgan fingerprint density at radius 3 is 2.54 bits per heavy atom. The van der Waals surface area contributed by atoms with Gasteiger partial charge in [-0.3, -0.25) is 0 Å². The van der Waals surface area contributed by atoms with Crippen LogP contribution >= 0.6 is 0 Å². The van der Waals surface area contributed by atoms with Crippen LogP contribution < -0.4 is 10.2 Å². The van der Waals surface area contributed by atoms with Crippen molar-refractivity contribution < 1.29 is 9.90 Å². The molecular formula is C19H31N3O2. The highest BCUT2D eigenvalue weighted by Crippen LogP contribution is 2.24. The minimum atomic E-state index is -0.890. The zero-order valence-electron chi connectivity index (χ0n) is 15.2. The third-order valence-corrected chi connectivity index (χ3v) is 4.37. The summed E-state index contributed by atoms with van der Waals surface area (Å²) in [6.07, 6.45) is 3.77. The number of carbonyl (C=O) groups excluding carboxylic acids is 1. The molecule has 0 radical (unpaired) electrons. The minimum Gasteiger partial charge on any atom is -0.389 e. The number of piperidine rings is 1. The Morgan fingerprint density at radius 1 is 1.25 bits per heavy atom. The normalized spacial score (nSPS) is 15.2. The SMILES string of the molecule is CCN(CC(C)(C)O)C(=O)NCc1ccccc1N1CCCCC1. The largest absolute Gasteiger partial charge is 0.389 e.